The molecule has 0 fully saturated rings. The topological polar surface area (TPSA) is 80.1 Å². The lowest BCUT2D eigenvalue weighted by Crippen LogP contribution is -1.99. The third-order valence-corrected chi connectivity index (χ3v) is 3.47. The molecule has 0 saturated heterocycles. The van der Waals surface area contributed by atoms with E-state index in [0.29, 0.717) is 11.4 Å². The monoisotopic (exact) mass is 285 g/mol. The van der Waals surface area contributed by atoms with Crippen molar-refractivity contribution in [3.05, 3.63) is 35.7 Å². The van der Waals surface area contributed by atoms with Crippen molar-refractivity contribution in [1.82, 2.24) is 14.8 Å². The molecule has 2 heterocycles. The highest BCUT2D eigenvalue weighted by Crippen LogP contribution is 2.37. The molecule has 0 atom stereocenters. The van der Waals surface area contributed by atoms with Crippen molar-refractivity contribution in [1.29, 1.82) is 0 Å². The SMILES string of the molecule is COc1c(-c2cc(C(=O)O)nn2C)ccc2[nH]c(C)cc12. The van der Waals surface area contributed by atoms with Crippen molar-refractivity contribution in [3.63, 3.8) is 0 Å². The number of fused-ring (bicyclic) bond motifs is 1. The van der Waals surface area contributed by atoms with Gasteiger partial charge in [0, 0.05) is 29.2 Å². The van der Waals surface area contributed by atoms with Crippen LogP contribution in [-0.4, -0.2) is 33.0 Å². The van der Waals surface area contributed by atoms with Gasteiger partial charge in [0.05, 0.1) is 12.8 Å². The maximum atomic E-state index is 11.1. The molecule has 0 bridgehead atoms. The number of nitrogens with zero attached hydrogens (tertiary/aromatic N) is 2. The first kappa shape index (κ1) is 13.2. The Labute approximate surface area is 121 Å². The Bertz CT molecular complexity index is 845. The largest absolute Gasteiger partial charge is 0.495 e. The third kappa shape index (κ3) is 2.05. The second-order valence-corrected chi connectivity index (χ2v) is 4.90. The lowest BCUT2D eigenvalue weighted by atomic mass is 10.1. The summed E-state index contributed by atoms with van der Waals surface area (Å²) in [6, 6.07) is 7.41. The van der Waals surface area contributed by atoms with Crippen LogP contribution in [0.4, 0.5) is 0 Å². The number of H-pyrrole nitrogens is 1. The van der Waals surface area contributed by atoms with E-state index in [1.54, 1.807) is 24.9 Å². The number of aromatic carboxylic acids is 1. The molecule has 0 aliphatic rings. The summed E-state index contributed by atoms with van der Waals surface area (Å²) in [6.45, 7) is 1.98. The van der Waals surface area contributed by atoms with E-state index in [1.807, 2.05) is 25.1 Å². The van der Waals surface area contributed by atoms with Crippen LogP contribution in [0.3, 0.4) is 0 Å². The van der Waals surface area contributed by atoms with Crippen LogP contribution in [0.15, 0.2) is 24.3 Å². The van der Waals surface area contributed by atoms with Crippen LogP contribution < -0.4 is 4.74 Å². The smallest absolute Gasteiger partial charge is 0.356 e. The Hall–Kier alpha value is -2.76. The van der Waals surface area contributed by atoms with Gasteiger partial charge in [-0.05, 0) is 31.2 Å². The first-order valence-corrected chi connectivity index (χ1v) is 6.45. The summed E-state index contributed by atoms with van der Waals surface area (Å²) in [7, 11) is 3.32. The Balaban J connectivity index is 2.26. The molecule has 2 N–H and O–H groups in total. The summed E-state index contributed by atoms with van der Waals surface area (Å²) in [4.78, 5) is 14.3. The van der Waals surface area contributed by atoms with Gasteiger partial charge in [-0.25, -0.2) is 4.79 Å². The van der Waals surface area contributed by atoms with Gasteiger partial charge < -0.3 is 14.8 Å². The van der Waals surface area contributed by atoms with Crippen molar-refractivity contribution in [2.24, 2.45) is 7.05 Å². The number of carbonyl (C=O) groups is 1. The molecular formula is C15H15N3O3. The van der Waals surface area contributed by atoms with Gasteiger partial charge in [0.15, 0.2) is 5.69 Å². The highest BCUT2D eigenvalue weighted by atomic mass is 16.5. The molecule has 6 heteroatoms. The molecule has 0 radical (unpaired) electrons. The maximum Gasteiger partial charge on any atom is 0.356 e. The Morgan fingerprint density at radius 1 is 1.38 bits per heavy atom. The van der Waals surface area contributed by atoms with E-state index in [2.05, 4.69) is 10.1 Å². The van der Waals surface area contributed by atoms with E-state index < -0.39 is 5.97 Å². The van der Waals surface area contributed by atoms with Crippen LogP contribution in [0.25, 0.3) is 22.2 Å². The molecule has 0 unspecified atom stereocenters. The van der Waals surface area contributed by atoms with E-state index in [9.17, 15) is 4.79 Å². The number of rotatable bonds is 3. The Morgan fingerprint density at radius 3 is 2.76 bits per heavy atom. The zero-order chi connectivity index (χ0) is 15.1. The van der Waals surface area contributed by atoms with Crippen LogP contribution in [0.1, 0.15) is 16.2 Å². The Morgan fingerprint density at radius 2 is 2.14 bits per heavy atom. The van der Waals surface area contributed by atoms with Crippen LogP contribution in [-0.2, 0) is 7.05 Å². The molecule has 3 aromatic rings. The zero-order valence-corrected chi connectivity index (χ0v) is 12.0. The minimum absolute atomic E-state index is 0.0138. The van der Waals surface area contributed by atoms with Crippen molar-refractivity contribution in [2.45, 2.75) is 6.92 Å². The molecule has 0 aliphatic carbocycles. The fraction of sp³-hybridized carbons (Fsp3) is 0.200. The first-order chi connectivity index (χ1) is 10.0. The van der Waals surface area contributed by atoms with Crippen LogP contribution in [0.2, 0.25) is 0 Å². The van der Waals surface area contributed by atoms with Crippen LogP contribution in [0.5, 0.6) is 5.75 Å². The van der Waals surface area contributed by atoms with Crippen LogP contribution >= 0.6 is 0 Å². The fourth-order valence-electron chi connectivity index (χ4n) is 2.56. The summed E-state index contributed by atoms with van der Waals surface area (Å²) < 4.78 is 7.09. The minimum Gasteiger partial charge on any atom is -0.495 e. The predicted molar refractivity (Wildman–Crippen MR) is 78.7 cm³/mol. The second kappa shape index (κ2) is 4.66. The van der Waals surface area contributed by atoms with Gasteiger partial charge in [0.25, 0.3) is 0 Å². The highest BCUT2D eigenvalue weighted by molar-refractivity contribution is 5.94. The van der Waals surface area contributed by atoms with E-state index in [0.717, 1.165) is 22.2 Å². The molecule has 2 aromatic heterocycles. The molecule has 108 valence electrons. The molecule has 21 heavy (non-hydrogen) atoms. The molecule has 0 aliphatic heterocycles. The van der Waals surface area contributed by atoms with Gasteiger partial charge in [0.1, 0.15) is 5.75 Å². The zero-order valence-electron chi connectivity index (χ0n) is 12.0. The molecule has 0 amide bonds. The number of aromatic amines is 1. The molecular weight excluding hydrogens is 270 g/mol. The summed E-state index contributed by atoms with van der Waals surface area (Å²) in [5.74, 6) is -0.342. The molecule has 0 spiro atoms. The van der Waals surface area contributed by atoms with Crippen molar-refractivity contribution in [3.8, 4) is 17.0 Å². The Kier molecular flexibility index (Phi) is 2.94. The summed E-state index contributed by atoms with van der Waals surface area (Å²) >= 11 is 0. The molecule has 1 aromatic carbocycles. The summed E-state index contributed by atoms with van der Waals surface area (Å²) in [5.41, 5.74) is 3.54. The quantitative estimate of drug-likeness (QED) is 0.775. The minimum atomic E-state index is -1.05. The van der Waals surface area contributed by atoms with Crippen molar-refractivity contribution in [2.75, 3.05) is 7.11 Å². The van der Waals surface area contributed by atoms with E-state index in [1.165, 1.54) is 0 Å². The number of nitrogens with one attached hydrogen (secondary N) is 1. The van der Waals surface area contributed by atoms with E-state index in [-0.39, 0.29) is 5.69 Å². The number of aryl methyl sites for hydroxylation is 2. The maximum absolute atomic E-state index is 11.1. The highest BCUT2D eigenvalue weighted by Gasteiger charge is 2.18. The van der Waals surface area contributed by atoms with Gasteiger partial charge >= 0.3 is 5.97 Å². The molecule has 0 saturated carbocycles. The van der Waals surface area contributed by atoms with E-state index in [4.69, 9.17) is 9.84 Å². The number of benzene rings is 1. The normalized spacial score (nSPS) is 11.0. The molecule has 6 nitrogen and oxygen atoms in total. The standard InChI is InChI=1S/C15H15N3O3/c1-8-6-10-11(16-8)5-4-9(14(10)21-3)13-7-12(15(19)20)17-18(13)2/h4-7,16H,1-3H3,(H,19,20). The fourth-order valence-corrected chi connectivity index (χ4v) is 2.56. The number of carboxylic acids is 1. The number of aromatic nitrogens is 3. The first-order valence-electron chi connectivity index (χ1n) is 6.45. The number of ether oxygens (including phenoxy) is 1. The molecule has 3 rings (SSSR count). The van der Waals surface area contributed by atoms with Gasteiger partial charge in [-0.15, -0.1) is 0 Å². The van der Waals surface area contributed by atoms with Crippen LogP contribution in [0, 0.1) is 6.92 Å². The third-order valence-electron chi connectivity index (χ3n) is 3.47. The second-order valence-electron chi connectivity index (χ2n) is 4.90. The van der Waals surface area contributed by atoms with Crippen molar-refractivity contribution >= 4 is 16.9 Å². The van der Waals surface area contributed by atoms with Gasteiger partial charge in [-0.1, -0.05) is 0 Å². The number of carboxylic acid groups (broad SMARTS) is 1. The lowest BCUT2D eigenvalue weighted by molar-refractivity contribution is 0.0689. The van der Waals surface area contributed by atoms with E-state index >= 15 is 0 Å². The average Bonchev–Trinajstić information content (AvgIpc) is 2.99. The average molecular weight is 285 g/mol. The van der Waals surface area contributed by atoms with Gasteiger partial charge in [-0.2, -0.15) is 5.10 Å². The van der Waals surface area contributed by atoms with Gasteiger partial charge in [-0.3, -0.25) is 4.68 Å². The lowest BCUT2D eigenvalue weighted by Gasteiger charge is -2.09. The van der Waals surface area contributed by atoms with Gasteiger partial charge in [0.2, 0.25) is 0 Å². The summed E-state index contributed by atoms with van der Waals surface area (Å²) in [6.07, 6.45) is 0. The predicted octanol–water partition coefficient (Wildman–Crippen LogP) is 2.58. The number of hydrogen-bond donors (Lipinski definition) is 2. The summed E-state index contributed by atoms with van der Waals surface area (Å²) in [5, 5.41) is 14.0. The number of methoxy groups -OCH3 is 1. The van der Waals surface area contributed by atoms with Crippen molar-refractivity contribution < 1.29 is 14.6 Å². The number of hydrogen-bond acceptors (Lipinski definition) is 3.